The molecule has 5 nitrogen and oxygen atoms in total. The van der Waals surface area contributed by atoms with E-state index in [1.54, 1.807) is 10.9 Å². The highest BCUT2D eigenvalue weighted by molar-refractivity contribution is 5.83. The van der Waals surface area contributed by atoms with Gasteiger partial charge in [-0.3, -0.25) is 9.48 Å². The molecule has 1 heterocycles. The number of benzene rings is 1. The number of carbonyl (C=O) groups is 1. The van der Waals surface area contributed by atoms with Gasteiger partial charge in [0.2, 0.25) is 5.91 Å². The highest BCUT2D eigenvalue weighted by atomic mass is 16.2. The van der Waals surface area contributed by atoms with Crippen LogP contribution in [0.15, 0.2) is 48.8 Å². The van der Waals surface area contributed by atoms with Crippen LogP contribution in [0, 0.1) is 5.92 Å². The van der Waals surface area contributed by atoms with Crippen LogP contribution in [0.2, 0.25) is 0 Å². The first-order valence-electron chi connectivity index (χ1n) is 7.99. The fraction of sp³-hybridized carbons (Fsp3) is 0.444. The molecule has 0 saturated carbocycles. The van der Waals surface area contributed by atoms with Gasteiger partial charge in [-0.25, -0.2) is 0 Å². The minimum Gasteiger partial charge on any atom is -0.352 e. The molecule has 2 atom stereocenters. The molecule has 23 heavy (non-hydrogen) atoms. The molecule has 0 bridgehead atoms. The number of nitrogens with zero attached hydrogens (tertiary/aromatic N) is 3. The summed E-state index contributed by atoms with van der Waals surface area (Å²) in [5.74, 6) is 0.428. The summed E-state index contributed by atoms with van der Waals surface area (Å²) in [5, 5.41) is 7.35. The molecule has 0 fully saturated rings. The number of likely N-dealkylation sites (N-methyl/N-ethyl adjacent to an activating group) is 1. The number of hydrogen-bond acceptors (Lipinski definition) is 3. The normalized spacial score (nSPS) is 14.0. The van der Waals surface area contributed by atoms with Crippen molar-refractivity contribution in [2.75, 3.05) is 20.6 Å². The lowest BCUT2D eigenvalue weighted by Gasteiger charge is -2.29. The van der Waals surface area contributed by atoms with Crippen molar-refractivity contribution in [3.05, 3.63) is 54.4 Å². The highest BCUT2D eigenvalue weighted by Gasteiger charge is 2.24. The molecular weight excluding hydrogens is 288 g/mol. The van der Waals surface area contributed by atoms with Crippen molar-refractivity contribution in [1.82, 2.24) is 20.0 Å². The summed E-state index contributed by atoms with van der Waals surface area (Å²) < 4.78 is 1.70. The third kappa shape index (κ3) is 4.42. The lowest BCUT2D eigenvalue weighted by molar-refractivity contribution is -0.123. The molecule has 1 amide bonds. The molecule has 0 aliphatic carbocycles. The summed E-state index contributed by atoms with van der Waals surface area (Å²) in [6.45, 7) is 4.95. The fourth-order valence-corrected chi connectivity index (χ4v) is 2.81. The second kappa shape index (κ2) is 7.92. The SMILES string of the molecule is CC(C)[C@H](CNC(=O)[C@H](c1ccccc1)n1cccn1)N(C)C. The lowest BCUT2D eigenvalue weighted by atomic mass is 10.0. The van der Waals surface area contributed by atoms with E-state index in [1.807, 2.05) is 56.7 Å². The van der Waals surface area contributed by atoms with Gasteiger partial charge in [0, 0.05) is 25.0 Å². The van der Waals surface area contributed by atoms with Crippen molar-refractivity contribution in [1.29, 1.82) is 0 Å². The van der Waals surface area contributed by atoms with E-state index in [4.69, 9.17) is 0 Å². The smallest absolute Gasteiger partial charge is 0.249 e. The van der Waals surface area contributed by atoms with Crippen LogP contribution in [0.4, 0.5) is 0 Å². The Kier molecular flexibility index (Phi) is 5.93. The second-order valence-corrected chi connectivity index (χ2v) is 6.32. The zero-order chi connectivity index (χ0) is 16.8. The zero-order valence-electron chi connectivity index (χ0n) is 14.3. The van der Waals surface area contributed by atoms with E-state index in [0.29, 0.717) is 18.5 Å². The van der Waals surface area contributed by atoms with Crippen LogP contribution in [-0.4, -0.2) is 47.3 Å². The topological polar surface area (TPSA) is 50.2 Å². The van der Waals surface area contributed by atoms with Gasteiger partial charge in [-0.15, -0.1) is 0 Å². The molecule has 2 rings (SSSR count). The van der Waals surface area contributed by atoms with E-state index < -0.39 is 6.04 Å². The summed E-state index contributed by atoms with van der Waals surface area (Å²) in [6.07, 6.45) is 3.52. The van der Waals surface area contributed by atoms with E-state index in [2.05, 4.69) is 29.2 Å². The number of amides is 1. The Morgan fingerprint density at radius 1 is 1.22 bits per heavy atom. The van der Waals surface area contributed by atoms with Gasteiger partial charge >= 0.3 is 0 Å². The third-order valence-corrected chi connectivity index (χ3v) is 4.07. The molecule has 0 aliphatic rings. The Labute approximate surface area is 138 Å². The first-order chi connectivity index (χ1) is 11.0. The van der Waals surface area contributed by atoms with Crippen LogP contribution in [0.3, 0.4) is 0 Å². The highest BCUT2D eigenvalue weighted by Crippen LogP contribution is 2.17. The Morgan fingerprint density at radius 3 is 2.43 bits per heavy atom. The number of nitrogens with one attached hydrogen (secondary N) is 1. The first-order valence-corrected chi connectivity index (χ1v) is 7.99. The summed E-state index contributed by atoms with van der Waals surface area (Å²) in [5.41, 5.74) is 0.930. The van der Waals surface area contributed by atoms with Gasteiger partial charge in [0.25, 0.3) is 0 Å². The molecule has 1 aromatic heterocycles. The molecule has 0 saturated heterocycles. The number of carbonyl (C=O) groups excluding carboxylic acids is 1. The average molecular weight is 314 g/mol. The quantitative estimate of drug-likeness (QED) is 0.852. The Balaban J connectivity index is 2.15. The molecule has 1 N–H and O–H groups in total. The van der Waals surface area contributed by atoms with Gasteiger partial charge in [-0.2, -0.15) is 5.10 Å². The lowest BCUT2D eigenvalue weighted by Crippen LogP contribution is -2.45. The van der Waals surface area contributed by atoms with Crippen LogP contribution in [0.5, 0.6) is 0 Å². The number of hydrogen-bond donors (Lipinski definition) is 1. The Bertz CT molecular complexity index is 585. The maximum atomic E-state index is 12.8. The maximum Gasteiger partial charge on any atom is 0.249 e. The monoisotopic (exact) mass is 314 g/mol. The summed E-state index contributed by atoms with van der Waals surface area (Å²) in [7, 11) is 4.08. The van der Waals surface area contributed by atoms with Crippen molar-refractivity contribution in [3.8, 4) is 0 Å². The second-order valence-electron chi connectivity index (χ2n) is 6.32. The van der Waals surface area contributed by atoms with Crippen LogP contribution in [0.25, 0.3) is 0 Å². The largest absolute Gasteiger partial charge is 0.352 e. The first kappa shape index (κ1) is 17.2. The van der Waals surface area contributed by atoms with Crippen LogP contribution >= 0.6 is 0 Å². The minimum atomic E-state index is -0.443. The number of aromatic nitrogens is 2. The van der Waals surface area contributed by atoms with Gasteiger partial charge in [0.1, 0.15) is 0 Å². The van der Waals surface area contributed by atoms with Crippen LogP contribution < -0.4 is 5.32 Å². The summed E-state index contributed by atoms with van der Waals surface area (Å²) in [6, 6.07) is 11.4. The molecule has 2 aromatic rings. The number of rotatable bonds is 7. The predicted molar refractivity (Wildman–Crippen MR) is 92.1 cm³/mol. The molecule has 124 valence electrons. The van der Waals surface area contributed by atoms with Crippen molar-refractivity contribution < 1.29 is 4.79 Å². The van der Waals surface area contributed by atoms with Gasteiger partial charge < -0.3 is 10.2 Å². The molecule has 0 unspecified atom stereocenters. The molecular formula is C18H26N4O. The van der Waals surface area contributed by atoms with Crippen LogP contribution in [-0.2, 0) is 4.79 Å². The molecule has 0 aliphatic heterocycles. The van der Waals surface area contributed by atoms with Gasteiger partial charge in [-0.1, -0.05) is 44.2 Å². The molecule has 1 aromatic carbocycles. The minimum absolute atomic E-state index is 0.0348. The van der Waals surface area contributed by atoms with Gasteiger partial charge in [-0.05, 0) is 31.6 Å². The average Bonchev–Trinajstić information content (AvgIpc) is 3.02. The van der Waals surface area contributed by atoms with Gasteiger partial charge in [0.15, 0.2) is 6.04 Å². The predicted octanol–water partition coefficient (Wildman–Crippen LogP) is 2.17. The maximum absolute atomic E-state index is 12.8. The molecule has 0 radical (unpaired) electrons. The van der Waals surface area contributed by atoms with Crippen molar-refractivity contribution in [2.45, 2.75) is 25.9 Å². The van der Waals surface area contributed by atoms with Crippen molar-refractivity contribution in [3.63, 3.8) is 0 Å². The van der Waals surface area contributed by atoms with E-state index in [-0.39, 0.29) is 5.91 Å². The molecule has 5 heteroatoms. The van der Waals surface area contributed by atoms with Gasteiger partial charge in [0.05, 0.1) is 0 Å². The molecule has 0 spiro atoms. The summed E-state index contributed by atoms with van der Waals surface area (Å²) >= 11 is 0. The fourth-order valence-electron chi connectivity index (χ4n) is 2.81. The van der Waals surface area contributed by atoms with E-state index in [0.717, 1.165) is 5.56 Å². The Hall–Kier alpha value is -2.14. The zero-order valence-corrected chi connectivity index (χ0v) is 14.3. The third-order valence-electron chi connectivity index (χ3n) is 4.07. The Morgan fingerprint density at radius 2 is 1.91 bits per heavy atom. The summed E-state index contributed by atoms with van der Waals surface area (Å²) in [4.78, 5) is 15.0. The van der Waals surface area contributed by atoms with Crippen molar-refractivity contribution >= 4 is 5.91 Å². The van der Waals surface area contributed by atoms with E-state index in [9.17, 15) is 4.79 Å². The standard InChI is InChI=1S/C18H26N4O/c1-14(2)16(21(3)4)13-19-18(23)17(22-12-8-11-20-22)15-9-6-5-7-10-15/h5-12,14,16-17H,13H2,1-4H3,(H,19,23)/t16-,17-/m0/s1. The van der Waals surface area contributed by atoms with E-state index in [1.165, 1.54) is 0 Å². The van der Waals surface area contributed by atoms with E-state index >= 15 is 0 Å². The van der Waals surface area contributed by atoms with Crippen molar-refractivity contribution in [2.24, 2.45) is 5.92 Å². The van der Waals surface area contributed by atoms with Crippen LogP contribution in [0.1, 0.15) is 25.5 Å².